The van der Waals surface area contributed by atoms with Crippen molar-refractivity contribution in [3.63, 3.8) is 0 Å². The highest BCUT2D eigenvalue weighted by Crippen LogP contribution is 2.10. The monoisotopic (exact) mass is 272 g/mol. The zero-order chi connectivity index (χ0) is 10.9. The maximum Gasteiger partial charge on any atom is 0.354 e. The topological polar surface area (TPSA) is 97.2 Å². The van der Waals surface area contributed by atoms with E-state index < -0.39 is 26.7 Å². The van der Waals surface area contributed by atoms with Crippen LogP contribution < -0.4 is 0 Å². The number of aromatic nitrogens is 2. The number of rotatable bonds is 2. The second-order valence-corrected chi connectivity index (χ2v) is 4.73. The summed E-state index contributed by atoms with van der Waals surface area (Å²) in [7, 11) is -3.65. The molecule has 0 radical (unpaired) electrons. The molecule has 0 saturated heterocycles. The molecule has 0 aliphatic rings. The molecule has 0 aliphatic heterocycles. The minimum atomic E-state index is -3.65. The molecule has 1 heterocycles. The molecule has 0 fully saturated rings. The van der Waals surface area contributed by atoms with Crippen LogP contribution in [0.3, 0.4) is 0 Å². The van der Waals surface area contributed by atoms with Gasteiger partial charge in [0.05, 0.1) is 0 Å². The summed E-state index contributed by atoms with van der Waals surface area (Å²) in [6, 6.07) is 0.971. The van der Waals surface area contributed by atoms with Gasteiger partial charge in [0.25, 0.3) is 0 Å². The minimum absolute atomic E-state index is 0. The van der Waals surface area contributed by atoms with Crippen LogP contribution in [0.4, 0.5) is 0 Å². The van der Waals surface area contributed by atoms with Crippen LogP contribution in [0.1, 0.15) is 10.5 Å². The molecule has 0 amide bonds. The lowest BCUT2D eigenvalue weighted by molar-refractivity contribution is 0.0689. The predicted octanol–water partition coefficient (Wildman–Crippen LogP) is 0.653. The van der Waals surface area contributed by atoms with Gasteiger partial charge in [-0.3, -0.25) is 0 Å². The molecular weight excluding hydrogens is 267 g/mol. The summed E-state index contributed by atoms with van der Waals surface area (Å²) in [5.41, 5.74) is -0.453. The molecule has 1 rings (SSSR count). The summed E-state index contributed by atoms with van der Waals surface area (Å²) in [6.07, 6.45) is 0.865. The summed E-state index contributed by atoms with van der Waals surface area (Å²) < 4.78 is 22.0. The molecule has 0 bridgehead atoms. The summed E-state index contributed by atoms with van der Waals surface area (Å²) in [5, 5.41) is 7.74. The number of aromatic carboxylic acids is 1. The van der Waals surface area contributed by atoms with Gasteiger partial charge in [-0.05, 0) is 0 Å². The molecule has 9 heteroatoms. The van der Waals surface area contributed by atoms with E-state index in [-0.39, 0.29) is 17.6 Å². The van der Waals surface area contributed by atoms with Crippen LogP contribution in [0.15, 0.2) is 11.2 Å². The van der Waals surface area contributed by atoms with Crippen molar-refractivity contribution in [3.8, 4) is 0 Å². The highest BCUT2D eigenvalue weighted by molar-refractivity contribution is 7.90. The van der Waals surface area contributed by atoms with Gasteiger partial charge in [-0.1, -0.05) is 11.6 Å². The van der Waals surface area contributed by atoms with Crippen LogP contribution in [-0.4, -0.2) is 35.7 Å². The second kappa shape index (κ2) is 4.73. The lowest BCUT2D eigenvalue weighted by atomic mass is 10.4. The van der Waals surface area contributed by atoms with Crippen molar-refractivity contribution in [1.82, 2.24) is 9.97 Å². The maximum absolute atomic E-state index is 11.0. The van der Waals surface area contributed by atoms with Gasteiger partial charge in [0, 0.05) is 12.3 Å². The molecule has 1 aromatic heterocycles. The molecule has 0 saturated carbocycles. The van der Waals surface area contributed by atoms with Crippen molar-refractivity contribution in [2.75, 3.05) is 6.26 Å². The highest BCUT2D eigenvalue weighted by Gasteiger charge is 2.16. The van der Waals surface area contributed by atoms with Gasteiger partial charge >= 0.3 is 5.97 Å². The largest absolute Gasteiger partial charge is 0.477 e. The van der Waals surface area contributed by atoms with E-state index in [2.05, 4.69) is 9.97 Å². The first-order chi connectivity index (χ1) is 6.30. The van der Waals surface area contributed by atoms with Crippen LogP contribution in [0.2, 0.25) is 5.15 Å². The first-order valence-electron chi connectivity index (χ1n) is 3.28. The van der Waals surface area contributed by atoms with E-state index >= 15 is 0 Å². The Hall–Kier alpha value is -0.920. The minimum Gasteiger partial charge on any atom is -0.477 e. The third kappa shape index (κ3) is 3.61. The quantitative estimate of drug-likeness (QED) is 0.627. The van der Waals surface area contributed by atoms with E-state index in [0.717, 1.165) is 12.3 Å². The summed E-state index contributed by atoms with van der Waals surface area (Å²) >= 11 is 5.42. The number of nitrogens with zero attached hydrogens (tertiary/aromatic N) is 2. The Morgan fingerprint density at radius 2 is 2.00 bits per heavy atom. The van der Waals surface area contributed by atoms with Crippen LogP contribution >= 0.6 is 24.0 Å². The van der Waals surface area contributed by atoms with Crippen LogP contribution in [0, 0.1) is 0 Å². The van der Waals surface area contributed by atoms with Gasteiger partial charge in [0.1, 0.15) is 5.15 Å². The van der Waals surface area contributed by atoms with Crippen molar-refractivity contribution < 1.29 is 18.3 Å². The van der Waals surface area contributed by atoms with Gasteiger partial charge in [-0.15, -0.1) is 12.4 Å². The van der Waals surface area contributed by atoms with Crippen molar-refractivity contribution in [3.05, 3.63) is 16.9 Å². The summed E-state index contributed by atoms with van der Waals surface area (Å²) in [6.45, 7) is 0. The lowest BCUT2D eigenvalue weighted by Crippen LogP contribution is -2.09. The molecule has 6 nitrogen and oxygen atoms in total. The number of halogens is 2. The van der Waals surface area contributed by atoms with Crippen LogP contribution in [0.25, 0.3) is 0 Å². The average molecular weight is 273 g/mol. The molecule has 15 heavy (non-hydrogen) atoms. The fourth-order valence-electron chi connectivity index (χ4n) is 0.672. The van der Waals surface area contributed by atoms with Crippen LogP contribution in [0.5, 0.6) is 0 Å². The normalized spacial score (nSPS) is 10.5. The summed E-state index contributed by atoms with van der Waals surface area (Å²) in [4.78, 5) is 17.2. The molecular formula is C6H6Cl2N2O4S. The molecule has 0 aliphatic carbocycles. The summed E-state index contributed by atoms with van der Waals surface area (Å²) in [5.74, 6) is -1.36. The van der Waals surface area contributed by atoms with E-state index in [9.17, 15) is 13.2 Å². The number of hydrogen-bond donors (Lipinski definition) is 1. The third-order valence-electron chi connectivity index (χ3n) is 1.23. The van der Waals surface area contributed by atoms with Crippen molar-refractivity contribution in [1.29, 1.82) is 0 Å². The average Bonchev–Trinajstić information content (AvgIpc) is 2.01. The van der Waals surface area contributed by atoms with Crippen LogP contribution in [-0.2, 0) is 9.84 Å². The lowest BCUT2D eigenvalue weighted by Gasteiger charge is -1.99. The SMILES string of the molecule is CS(=O)(=O)c1nc(Cl)cc(C(=O)O)n1.Cl. The van der Waals surface area contributed by atoms with Gasteiger partial charge in [0.15, 0.2) is 5.69 Å². The third-order valence-corrected chi connectivity index (χ3v) is 2.26. The molecule has 1 aromatic rings. The number of carboxylic acid groups (broad SMARTS) is 1. The Balaban J connectivity index is 0.00000196. The first-order valence-corrected chi connectivity index (χ1v) is 5.55. The second-order valence-electron chi connectivity index (χ2n) is 2.44. The smallest absolute Gasteiger partial charge is 0.354 e. The van der Waals surface area contributed by atoms with Gasteiger partial charge < -0.3 is 5.11 Å². The fourth-order valence-corrected chi connectivity index (χ4v) is 1.43. The number of sulfone groups is 1. The van der Waals surface area contributed by atoms with Crippen molar-refractivity contribution >= 4 is 39.8 Å². The van der Waals surface area contributed by atoms with Crippen molar-refractivity contribution in [2.45, 2.75) is 5.16 Å². The van der Waals surface area contributed by atoms with Gasteiger partial charge in [-0.25, -0.2) is 23.2 Å². The highest BCUT2D eigenvalue weighted by atomic mass is 35.5. The van der Waals surface area contributed by atoms with Crippen molar-refractivity contribution in [2.24, 2.45) is 0 Å². The molecule has 0 unspecified atom stereocenters. The van der Waals surface area contributed by atoms with E-state index in [1.165, 1.54) is 0 Å². The molecule has 0 spiro atoms. The molecule has 84 valence electrons. The molecule has 0 aromatic carbocycles. The van der Waals surface area contributed by atoms with Gasteiger partial charge in [0.2, 0.25) is 15.0 Å². The standard InChI is InChI=1S/C6H5ClN2O4S.ClH/c1-14(12,13)6-8-3(5(10)11)2-4(7)9-6;/h2H,1H3,(H,10,11);1H. The first kappa shape index (κ1) is 14.1. The Bertz CT molecular complexity index is 488. The number of carbonyl (C=O) groups is 1. The molecule has 0 atom stereocenters. The van der Waals surface area contributed by atoms with Gasteiger partial charge in [-0.2, -0.15) is 0 Å². The number of hydrogen-bond acceptors (Lipinski definition) is 5. The zero-order valence-corrected chi connectivity index (χ0v) is 9.73. The van der Waals surface area contributed by atoms with E-state index in [1.807, 2.05) is 0 Å². The fraction of sp³-hybridized carbons (Fsp3) is 0.167. The van der Waals surface area contributed by atoms with E-state index in [0.29, 0.717) is 0 Å². The maximum atomic E-state index is 11.0. The number of carboxylic acids is 1. The van der Waals surface area contributed by atoms with E-state index in [1.54, 1.807) is 0 Å². The predicted molar refractivity (Wildman–Crippen MR) is 54.4 cm³/mol. The Kier molecular flexibility index (Phi) is 4.44. The Morgan fingerprint density at radius 3 is 2.40 bits per heavy atom. The molecule has 1 N–H and O–H groups in total. The van der Waals surface area contributed by atoms with E-state index in [4.69, 9.17) is 16.7 Å². The Morgan fingerprint density at radius 1 is 1.47 bits per heavy atom. The zero-order valence-electron chi connectivity index (χ0n) is 7.34. The Labute approximate surface area is 96.6 Å².